The zero-order valence-corrected chi connectivity index (χ0v) is 8.40. The molecule has 7 nitrogen and oxygen atoms in total. The SMILES string of the molecule is COC(=O)c1c([N+](=O)[O-])c[nH]c(=O)c1C(F)F. The normalized spacial score (nSPS) is 10.4. The number of carbonyl (C=O) groups is 1. The summed E-state index contributed by atoms with van der Waals surface area (Å²) in [5.74, 6) is -1.36. The number of carbonyl (C=O) groups excluding carboxylic acids is 1. The fourth-order valence-corrected chi connectivity index (χ4v) is 1.20. The molecule has 0 atom stereocenters. The number of aromatic amines is 1. The van der Waals surface area contributed by atoms with E-state index in [2.05, 4.69) is 4.74 Å². The Balaban J connectivity index is 3.68. The Labute approximate surface area is 92.2 Å². The standard InChI is InChI=1S/C8H6F2N2O5/c1-17-8(14)4-3(12(15)16)2-11-7(13)5(4)6(9)10/h2,6H,1H3,(H,11,13). The molecule has 1 N–H and O–H groups in total. The zero-order valence-electron chi connectivity index (χ0n) is 8.40. The quantitative estimate of drug-likeness (QED) is 0.488. The van der Waals surface area contributed by atoms with E-state index in [-0.39, 0.29) is 0 Å². The van der Waals surface area contributed by atoms with Gasteiger partial charge in [-0.2, -0.15) is 0 Å². The van der Waals surface area contributed by atoms with Gasteiger partial charge in [0.05, 0.1) is 18.2 Å². The van der Waals surface area contributed by atoms with Gasteiger partial charge in [0.15, 0.2) is 5.56 Å². The lowest BCUT2D eigenvalue weighted by Crippen LogP contribution is -2.21. The molecule has 9 heteroatoms. The highest BCUT2D eigenvalue weighted by Crippen LogP contribution is 2.26. The van der Waals surface area contributed by atoms with Gasteiger partial charge in [-0.15, -0.1) is 0 Å². The van der Waals surface area contributed by atoms with Crippen LogP contribution in [0.4, 0.5) is 14.5 Å². The molecule has 0 aromatic carbocycles. The average Bonchev–Trinajstić information content (AvgIpc) is 2.26. The van der Waals surface area contributed by atoms with E-state index in [1.54, 1.807) is 4.98 Å². The number of halogens is 2. The lowest BCUT2D eigenvalue weighted by Gasteiger charge is -2.06. The molecule has 0 aliphatic rings. The number of ether oxygens (including phenoxy) is 1. The molecule has 1 aromatic rings. The van der Waals surface area contributed by atoms with Gasteiger partial charge in [0.2, 0.25) is 0 Å². The van der Waals surface area contributed by atoms with Crippen LogP contribution in [0, 0.1) is 10.1 Å². The second kappa shape index (κ2) is 4.68. The van der Waals surface area contributed by atoms with Gasteiger partial charge >= 0.3 is 11.7 Å². The van der Waals surface area contributed by atoms with Gasteiger partial charge in [0, 0.05) is 0 Å². The molecular weight excluding hydrogens is 242 g/mol. The van der Waals surface area contributed by atoms with Crippen LogP contribution in [0.1, 0.15) is 22.3 Å². The molecule has 0 aliphatic carbocycles. The first kappa shape index (κ1) is 12.7. The van der Waals surface area contributed by atoms with Crippen LogP contribution in [0.2, 0.25) is 0 Å². The highest BCUT2D eigenvalue weighted by Gasteiger charge is 2.31. The van der Waals surface area contributed by atoms with Crippen LogP contribution in [0.25, 0.3) is 0 Å². The molecule has 17 heavy (non-hydrogen) atoms. The molecule has 0 spiro atoms. The summed E-state index contributed by atoms with van der Waals surface area (Å²) in [7, 11) is 0.864. The Morgan fingerprint density at radius 3 is 2.59 bits per heavy atom. The van der Waals surface area contributed by atoms with E-state index in [0.29, 0.717) is 6.20 Å². The number of pyridine rings is 1. The van der Waals surface area contributed by atoms with Crippen molar-refractivity contribution in [3.05, 3.63) is 37.8 Å². The van der Waals surface area contributed by atoms with Crippen molar-refractivity contribution in [2.75, 3.05) is 7.11 Å². The Bertz CT molecular complexity index is 525. The molecule has 0 bridgehead atoms. The monoisotopic (exact) mass is 248 g/mol. The Hall–Kier alpha value is -2.32. The molecule has 1 rings (SSSR count). The lowest BCUT2D eigenvalue weighted by atomic mass is 10.1. The summed E-state index contributed by atoms with van der Waals surface area (Å²) in [6, 6.07) is 0. The van der Waals surface area contributed by atoms with Gasteiger partial charge in [0.1, 0.15) is 5.56 Å². The minimum atomic E-state index is -3.33. The molecule has 0 unspecified atom stereocenters. The topological polar surface area (TPSA) is 102 Å². The van der Waals surface area contributed by atoms with Crippen molar-refractivity contribution in [1.29, 1.82) is 0 Å². The first-order chi connectivity index (χ1) is 7.90. The van der Waals surface area contributed by atoms with E-state index in [1.807, 2.05) is 0 Å². The lowest BCUT2D eigenvalue weighted by molar-refractivity contribution is -0.385. The first-order valence-electron chi connectivity index (χ1n) is 4.16. The summed E-state index contributed by atoms with van der Waals surface area (Å²) < 4.78 is 29.3. The highest BCUT2D eigenvalue weighted by molar-refractivity contribution is 5.95. The largest absolute Gasteiger partial charge is 0.465 e. The number of esters is 1. The minimum absolute atomic E-state index is 0.570. The van der Waals surface area contributed by atoms with Crippen LogP contribution in [-0.4, -0.2) is 23.0 Å². The molecule has 0 radical (unpaired) electrons. The molecule has 0 amide bonds. The van der Waals surface area contributed by atoms with E-state index in [9.17, 15) is 28.5 Å². The van der Waals surface area contributed by atoms with Gasteiger partial charge in [-0.25, -0.2) is 13.6 Å². The number of rotatable bonds is 3. The summed E-state index contributed by atoms with van der Waals surface area (Å²) in [4.78, 5) is 33.6. The smallest absolute Gasteiger partial charge is 0.345 e. The summed E-state index contributed by atoms with van der Waals surface area (Å²) >= 11 is 0. The van der Waals surface area contributed by atoms with Gasteiger partial charge < -0.3 is 9.72 Å². The number of nitrogens with one attached hydrogen (secondary N) is 1. The third kappa shape index (κ3) is 2.27. The average molecular weight is 248 g/mol. The van der Waals surface area contributed by atoms with Crippen LogP contribution in [-0.2, 0) is 4.74 Å². The second-order valence-corrected chi connectivity index (χ2v) is 2.84. The maximum Gasteiger partial charge on any atom is 0.345 e. The number of alkyl halides is 2. The van der Waals surface area contributed by atoms with Crippen LogP contribution in [0.3, 0.4) is 0 Å². The van der Waals surface area contributed by atoms with E-state index in [1.165, 1.54) is 0 Å². The first-order valence-corrected chi connectivity index (χ1v) is 4.16. The summed E-state index contributed by atoms with van der Waals surface area (Å²) in [5, 5.41) is 10.6. The van der Waals surface area contributed by atoms with Crippen molar-refractivity contribution < 1.29 is 23.2 Å². The van der Waals surface area contributed by atoms with Gasteiger partial charge in [0.25, 0.3) is 12.0 Å². The predicted octanol–water partition coefficient (Wildman–Crippen LogP) is 1.01. The number of hydrogen-bond acceptors (Lipinski definition) is 5. The minimum Gasteiger partial charge on any atom is -0.465 e. The number of H-pyrrole nitrogens is 1. The molecule has 1 aromatic heterocycles. The van der Waals surface area contributed by atoms with Gasteiger partial charge in [-0.1, -0.05) is 0 Å². The van der Waals surface area contributed by atoms with Gasteiger partial charge in [-0.3, -0.25) is 14.9 Å². The van der Waals surface area contributed by atoms with Crippen LogP contribution in [0.15, 0.2) is 11.0 Å². The maximum absolute atomic E-state index is 12.6. The molecule has 1 heterocycles. The number of nitrogens with zero attached hydrogens (tertiary/aromatic N) is 1. The Morgan fingerprint density at radius 1 is 1.59 bits per heavy atom. The Kier molecular flexibility index (Phi) is 3.51. The van der Waals surface area contributed by atoms with E-state index >= 15 is 0 Å². The number of nitro groups is 1. The molecule has 0 saturated carbocycles. The molecule has 0 aliphatic heterocycles. The fourth-order valence-electron chi connectivity index (χ4n) is 1.20. The van der Waals surface area contributed by atoms with Crippen LogP contribution < -0.4 is 5.56 Å². The van der Waals surface area contributed by atoms with Crippen LogP contribution >= 0.6 is 0 Å². The fraction of sp³-hybridized carbons (Fsp3) is 0.250. The summed E-state index contributed by atoms with van der Waals surface area (Å²) in [6.07, 6.45) is -2.76. The third-order valence-corrected chi connectivity index (χ3v) is 1.91. The van der Waals surface area contributed by atoms with Crippen molar-refractivity contribution in [1.82, 2.24) is 4.98 Å². The van der Waals surface area contributed by atoms with Crippen molar-refractivity contribution >= 4 is 11.7 Å². The molecule has 92 valence electrons. The zero-order chi connectivity index (χ0) is 13.2. The second-order valence-electron chi connectivity index (χ2n) is 2.84. The predicted molar refractivity (Wildman–Crippen MR) is 50.0 cm³/mol. The van der Waals surface area contributed by atoms with Gasteiger partial charge in [-0.05, 0) is 0 Å². The van der Waals surface area contributed by atoms with Crippen LogP contribution in [0.5, 0.6) is 0 Å². The van der Waals surface area contributed by atoms with E-state index in [4.69, 9.17) is 0 Å². The van der Waals surface area contributed by atoms with E-state index < -0.39 is 39.7 Å². The summed E-state index contributed by atoms with van der Waals surface area (Å²) in [6.45, 7) is 0. The number of hydrogen-bond donors (Lipinski definition) is 1. The molecule has 0 fully saturated rings. The maximum atomic E-state index is 12.6. The van der Waals surface area contributed by atoms with Crippen molar-refractivity contribution in [2.45, 2.75) is 6.43 Å². The van der Waals surface area contributed by atoms with E-state index in [0.717, 1.165) is 7.11 Å². The van der Waals surface area contributed by atoms with Crippen molar-refractivity contribution in [3.63, 3.8) is 0 Å². The summed E-state index contributed by atoms with van der Waals surface area (Å²) in [5.41, 5.74) is -4.51. The Morgan fingerprint density at radius 2 is 2.18 bits per heavy atom. The third-order valence-electron chi connectivity index (χ3n) is 1.91. The number of aromatic nitrogens is 1. The molecule has 0 saturated heterocycles. The highest BCUT2D eigenvalue weighted by atomic mass is 19.3. The number of methoxy groups -OCH3 is 1. The van der Waals surface area contributed by atoms with Crippen molar-refractivity contribution in [3.8, 4) is 0 Å². The van der Waals surface area contributed by atoms with Crippen molar-refractivity contribution in [2.24, 2.45) is 0 Å². The molecular formula is C8H6F2N2O5.